The second-order valence-corrected chi connectivity index (χ2v) is 5.43. The lowest BCUT2D eigenvalue weighted by Crippen LogP contribution is -2.38. The molecule has 0 aliphatic heterocycles. The smallest absolute Gasteiger partial charge is 0.410 e. The van der Waals surface area contributed by atoms with Crippen molar-refractivity contribution in [2.45, 2.75) is 26.4 Å². The van der Waals surface area contributed by atoms with Crippen molar-refractivity contribution >= 4 is 17.7 Å². The zero-order chi connectivity index (χ0) is 15.3. The number of hydrogen-bond donors (Lipinski definition) is 2. The predicted molar refractivity (Wildman–Crippen MR) is 75.6 cm³/mol. The largest absolute Gasteiger partial charge is 0.508 e. The van der Waals surface area contributed by atoms with Crippen LogP contribution in [0.2, 0.25) is 0 Å². The molecule has 2 amide bonds. The Bertz CT molecular complexity index is 494. The Labute approximate surface area is 118 Å². The van der Waals surface area contributed by atoms with Crippen LogP contribution in [0.4, 0.5) is 10.5 Å². The van der Waals surface area contributed by atoms with Gasteiger partial charge in [-0.1, -0.05) is 6.07 Å². The Morgan fingerprint density at radius 3 is 2.55 bits per heavy atom. The molecule has 0 saturated carbocycles. The number of hydrogen-bond acceptors (Lipinski definition) is 4. The average Bonchev–Trinajstić information content (AvgIpc) is 2.26. The molecule has 0 aromatic heterocycles. The summed E-state index contributed by atoms with van der Waals surface area (Å²) in [5.74, 6) is -0.313. The van der Waals surface area contributed by atoms with Crippen molar-refractivity contribution in [3.05, 3.63) is 24.3 Å². The molecular formula is C14H20N2O4. The monoisotopic (exact) mass is 280 g/mol. The lowest BCUT2D eigenvalue weighted by atomic mass is 10.2. The van der Waals surface area contributed by atoms with Crippen molar-refractivity contribution in [3.8, 4) is 5.75 Å². The molecule has 0 unspecified atom stereocenters. The van der Waals surface area contributed by atoms with Gasteiger partial charge in [-0.15, -0.1) is 0 Å². The van der Waals surface area contributed by atoms with Crippen molar-refractivity contribution in [1.82, 2.24) is 4.90 Å². The number of carbonyl (C=O) groups is 2. The number of phenolic OH excluding ortho intramolecular Hbond substituents is 1. The Balaban J connectivity index is 2.52. The Kier molecular flexibility index (Phi) is 4.96. The molecule has 1 aromatic carbocycles. The van der Waals surface area contributed by atoms with E-state index in [0.29, 0.717) is 5.69 Å². The number of benzene rings is 1. The number of aromatic hydroxyl groups is 1. The van der Waals surface area contributed by atoms with Gasteiger partial charge in [0.15, 0.2) is 0 Å². The second kappa shape index (κ2) is 6.27. The maximum atomic E-state index is 11.8. The molecule has 110 valence electrons. The van der Waals surface area contributed by atoms with Crippen LogP contribution in [-0.4, -0.2) is 41.2 Å². The summed E-state index contributed by atoms with van der Waals surface area (Å²) in [4.78, 5) is 24.6. The van der Waals surface area contributed by atoms with Crippen LogP contribution in [0.15, 0.2) is 24.3 Å². The zero-order valence-electron chi connectivity index (χ0n) is 12.1. The van der Waals surface area contributed by atoms with E-state index in [1.54, 1.807) is 32.9 Å². The molecule has 0 heterocycles. The van der Waals surface area contributed by atoms with Gasteiger partial charge in [0, 0.05) is 18.8 Å². The van der Waals surface area contributed by atoms with E-state index >= 15 is 0 Å². The van der Waals surface area contributed by atoms with Crippen molar-refractivity contribution in [3.63, 3.8) is 0 Å². The van der Waals surface area contributed by atoms with E-state index in [1.807, 2.05) is 0 Å². The van der Waals surface area contributed by atoms with Crippen molar-refractivity contribution in [2.24, 2.45) is 0 Å². The number of likely N-dealkylation sites (N-methyl/N-ethyl adjacent to an activating group) is 1. The first-order valence-electron chi connectivity index (χ1n) is 6.20. The maximum absolute atomic E-state index is 11.8. The predicted octanol–water partition coefficient (Wildman–Crippen LogP) is 2.20. The summed E-state index contributed by atoms with van der Waals surface area (Å²) in [5, 5.41) is 11.9. The van der Waals surface area contributed by atoms with Crippen LogP contribution in [-0.2, 0) is 9.53 Å². The highest BCUT2D eigenvalue weighted by molar-refractivity contribution is 5.93. The van der Waals surface area contributed by atoms with Gasteiger partial charge in [-0.2, -0.15) is 0 Å². The number of anilines is 1. The number of amides is 2. The molecule has 6 nitrogen and oxygen atoms in total. The highest BCUT2D eigenvalue weighted by Crippen LogP contribution is 2.15. The maximum Gasteiger partial charge on any atom is 0.410 e. The summed E-state index contributed by atoms with van der Waals surface area (Å²) < 4.78 is 5.14. The molecule has 1 aromatic rings. The number of nitrogens with one attached hydrogen (secondary N) is 1. The molecular weight excluding hydrogens is 260 g/mol. The van der Waals surface area contributed by atoms with Crippen LogP contribution in [0.25, 0.3) is 0 Å². The van der Waals surface area contributed by atoms with E-state index in [9.17, 15) is 14.7 Å². The molecule has 0 aliphatic carbocycles. The minimum Gasteiger partial charge on any atom is -0.508 e. The van der Waals surface area contributed by atoms with E-state index in [1.165, 1.54) is 24.1 Å². The lowest BCUT2D eigenvalue weighted by Gasteiger charge is -2.24. The summed E-state index contributed by atoms with van der Waals surface area (Å²) in [7, 11) is 1.48. The molecule has 0 saturated heterocycles. The number of nitrogens with zero attached hydrogens (tertiary/aromatic N) is 1. The molecule has 0 fully saturated rings. The van der Waals surface area contributed by atoms with Gasteiger partial charge in [0.05, 0.1) is 0 Å². The fourth-order valence-corrected chi connectivity index (χ4v) is 1.40. The quantitative estimate of drug-likeness (QED) is 0.889. The molecule has 1 rings (SSSR count). The third-order valence-electron chi connectivity index (χ3n) is 2.22. The van der Waals surface area contributed by atoms with Gasteiger partial charge in [-0.3, -0.25) is 4.79 Å². The van der Waals surface area contributed by atoms with E-state index in [2.05, 4.69) is 5.32 Å². The molecule has 0 bridgehead atoms. The average molecular weight is 280 g/mol. The summed E-state index contributed by atoms with van der Waals surface area (Å²) >= 11 is 0. The first-order valence-corrected chi connectivity index (χ1v) is 6.20. The minimum absolute atomic E-state index is 0.0586. The normalized spacial score (nSPS) is 10.8. The van der Waals surface area contributed by atoms with Gasteiger partial charge in [0.25, 0.3) is 0 Å². The number of phenols is 1. The Hall–Kier alpha value is -2.24. The fourth-order valence-electron chi connectivity index (χ4n) is 1.40. The molecule has 20 heavy (non-hydrogen) atoms. The highest BCUT2D eigenvalue weighted by Gasteiger charge is 2.21. The third kappa shape index (κ3) is 5.60. The molecule has 2 N–H and O–H groups in total. The van der Waals surface area contributed by atoms with E-state index in [0.717, 1.165) is 0 Å². The van der Waals surface area contributed by atoms with Crippen LogP contribution in [0.1, 0.15) is 20.8 Å². The van der Waals surface area contributed by atoms with Gasteiger partial charge in [0.1, 0.15) is 17.9 Å². The first-order chi connectivity index (χ1) is 9.17. The Morgan fingerprint density at radius 2 is 2.00 bits per heavy atom. The van der Waals surface area contributed by atoms with Crippen LogP contribution in [0.5, 0.6) is 5.75 Å². The number of rotatable bonds is 3. The van der Waals surface area contributed by atoms with E-state index < -0.39 is 11.7 Å². The molecule has 0 spiro atoms. The fraction of sp³-hybridized carbons (Fsp3) is 0.429. The molecule has 6 heteroatoms. The highest BCUT2D eigenvalue weighted by atomic mass is 16.6. The van der Waals surface area contributed by atoms with E-state index in [-0.39, 0.29) is 18.2 Å². The lowest BCUT2D eigenvalue weighted by molar-refractivity contribution is -0.117. The molecule has 0 radical (unpaired) electrons. The van der Waals surface area contributed by atoms with Gasteiger partial charge < -0.3 is 20.1 Å². The molecule has 0 aliphatic rings. The summed E-state index contributed by atoms with van der Waals surface area (Å²) in [5.41, 5.74) is -0.139. The van der Waals surface area contributed by atoms with Gasteiger partial charge in [-0.25, -0.2) is 4.79 Å². The second-order valence-electron chi connectivity index (χ2n) is 5.43. The number of ether oxygens (including phenoxy) is 1. The van der Waals surface area contributed by atoms with Gasteiger partial charge in [0.2, 0.25) is 5.91 Å². The number of carbonyl (C=O) groups excluding carboxylic acids is 2. The van der Waals surface area contributed by atoms with Crippen LogP contribution in [0.3, 0.4) is 0 Å². The van der Waals surface area contributed by atoms with E-state index in [4.69, 9.17) is 4.74 Å². The van der Waals surface area contributed by atoms with Crippen LogP contribution >= 0.6 is 0 Å². The van der Waals surface area contributed by atoms with Crippen LogP contribution < -0.4 is 5.32 Å². The van der Waals surface area contributed by atoms with Crippen molar-refractivity contribution < 1.29 is 19.4 Å². The minimum atomic E-state index is -0.604. The summed E-state index contributed by atoms with van der Waals surface area (Å²) in [6, 6.07) is 6.18. The molecule has 0 atom stereocenters. The first kappa shape index (κ1) is 15.8. The van der Waals surface area contributed by atoms with Gasteiger partial charge in [-0.05, 0) is 32.9 Å². The van der Waals surface area contributed by atoms with Gasteiger partial charge >= 0.3 is 6.09 Å². The SMILES string of the molecule is CN(CC(=O)Nc1cccc(O)c1)C(=O)OC(C)(C)C. The Morgan fingerprint density at radius 1 is 1.35 bits per heavy atom. The van der Waals surface area contributed by atoms with Crippen LogP contribution in [0, 0.1) is 0 Å². The summed E-state index contributed by atoms with van der Waals surface area (Å²) in [6.07, 6.45) is -0.566. The standard InChI is InChI=1S/C14H20N2O4/c1-14(2,3)20-13(19)16(4)9-12(18)15-10-6-5-7-11(17)8-10/h5-8,17H,9H2,1-4H3,(H,15,18). The zero-order valence-corrected chi connectivity index (χ0v) is 12.1. The van der Waals surface area contributed by atoms with Crippen molar-refractivity contribution in [1.29, 1.82) is 0 Å². The summed E-state index contributed by atoms with van der Waals surface area (Å²) in [6.45, 7) is 5.13. The topological polar surface area (TPSA) is 78.9 Å². The van der Waals surface area contributed by atoms with Crippen molar-refractivity contribution in [2.75, 3.05) is 18.9 Å². The third-order valence-corrected chi connectivity index (χ3v) is 2.22.